The van der Waals surface area contributed by atoms with Crippen molar-refractivity contribution in [2.45, 2.75) is 0 Å². The molecule has 0 aliphatic carbocycles. The number of aromatic nitrogens is 6. The largest absolute Gasteiger partial charge is 0.208 e. The van der Waals surface area contributed by atoms with Crippen molar-refractivity contribution >= 4 is 73.8 Å². The van der Waals surface area contributed by atoms with Gasteiger partial charge in [0.05, 0.1) is 0 Å². The van der Waals surface area contributed by atoms with Crippen LogP contribution in [0.3, 0.4) is 0 Å². The van der Waals surface area contributed by atoms with Crippen LogP contribution in [0.1, 0.15) is 0 Å². The third-order valence-corrected chi connectivity index (χ3v) is 18.7. The Bertz CT molecular complexity index is 5360. The zero-order valence-corrected chi connectivity index (χ0v) is 50.2. The average molecular weight is 1190 g/mol. The number of thiophene rings is 2. The minimum atomic E-state index is 0.658. The molecule has 0 unspecified atom stereocenters. The molecule has 0 spiro atoms. The summed E-state index contributed by atoms with van der Waals surface area (Å²) in [5.74, 6) is 3.97. The van der Waals surface area contributed by atoms with E-state index in [4.69, 9.17) is 29.9 Å². The minimum Gasteiger partial charge on any atom is -0.208 e. The third kappa shape index (κ3) is 10.6. The van der Waals surface area contributed by atoms with Crippen LogP contribution in [0.15, 0.2) is 315 Å². The number of hydrogen-bond donors (Lipinski definition) is 0. The average Bonchev–Trinajstić information content (AvgIpc) is 1.61. The quantitative estimate of drug-likeness (QED) is 0.136. The van der Waals surface area contributed by atoms with Crippen LogP contribution >= 0.6 is 22.7 Å². The van der Waals surface area contributed by atoms with Crippen LogP contribution in [0.25, 0.3) is 164 Å². The molecule has 0 amide bonds. The molecule has 17 aromatic rings. The van der Waals surface area contributed by atoms with Gasteiger partial charge in [0.25, 0.3) is 0 Å². The monoisotopic (exact) mass is 1180 g/mol. The molecule has 8 heteroatoms. The van der Waals surface area contributed by atoms with Gasteiger partial charge >= 0.3 is 0 Å². The summed E-state index contributed by atoms with van der Waals surface area (Å²) in [5.41, 5.74) is 15.2. The maximum atomic E-state index is 5.15. The van der Waals surface area contributed by atoms with Gasteiger partial charge in [0.15, 0.2) is 34.9 Å². The molecule has 0 saturated carbocycles. The van der Waals surface area contributed by atoms with Gasteiger partial charge in [0, 0.05) is 73.7 Å². The van der Waals surface area contributed by atoms with Crippen molar-refractivity contribution < 1.29 is 0 Å². The lowest BCUT2D eigenvalue weighted by Gasteiger charge is -2.13. The van der Waals surface area contributed by atoms with E-state index in [1.165, 1.54) is 73.4 Å². The van der Waals surface area contributed by atoms with E-state index >= 15 is 0 Å². The van der Waals surface area contributed by atoms with Crippen molar-refractivity contribution in [2.24, 2.45) is 0 Å². The smallest absolute Gasteiger partial charge is 0.164 e. The van der Waals surface area contributed by atoms with E-state index in [-0.39, 0.29) is 0 Å². The van der Waals surface area contributed by atoms with Crippen molar-refractivity contribution in [3.05, 3.63) is 315 Å². The minimum absolute atomic E-state index is 0.658. The highest BCUT2D eigenvalue weighted by Crippen LogP contribution is 2.45. The van der Waals surface area contributed by atoms with Crippen molar-refractivity contribution in [3.63, 3.8) is 0 Å². The first-order chi connectivity index (χ1) is 44.6. The van der Waals surface area contributed by atoms with E-state index in [0.717, 1.165) is 55.6 Å². The summed E-state index contributed by atoms with van der Waals surface area (Å²) >= 11 is 3.62. The van der Waals surface area contributed by atoms with E-state index in [1.54, 1.807) is 0 Å². The Kier molecular flexibility index (Phi) is 14.2. The molecule has 4 heterocycles. The van der Waals surface area contributed by atoms with E-state index < -0.39 is 0 Å². The number of hydrogen-bond acceptors (Lipinski definition) is 8. The highest BCUT2D eigenvalue weighted by atomic mass is 32.1. The Morgan fingerprint density at radius 2 is 0.489 bits per heavy atom. The standard InChI is InChI=1S/C43H27N3S.C39H25N3S/c1-3-14-29(15-4-1)41-44-42(30-16-5-2-6-17-30)46-43(45-41)37-26-33(27-39-40(37)36-22-9-10-24-38(36)47-39)31-19-11-20-32(25-31)35-23-12-18-28-13-7-8-21-34(28)35;1-4-13-26(14-5-1)29-19-12-20-30(23-29)31-24-33(36-32-21-10-11-22-34(32)43-35(36)25-31)39-41-37(27-15-6-2-7-16-27)40-38(42-39)28-17-8-3-9-18-28/h1-27H;1-25H. The summed E-state index contributed by atoms with van der Waals surface area (Å²) in [6, 6.07) is 110. The first kappa shape index (κ1) is 54.0. The van der Waals surface area contributed by atoms with Gasteiger partial charge in [0.1, 0.15) is 0 Å². The van der Waals surface area contributed by atoms with Gasteiger partial charge in [-0.15, -0.1) is 22.7 Å². The fraction of sp³-hybridized carbons (Fsp3) is 0. The van der Waals surface area contributed by atoms with Crippen LogP contribution in [-0.2, 0) is 0 Å². The van der Waals surface area contributed by atoms with Crippen LogP contribution in [-0.4, -0.2) is 29.9 Å². The summed E-state index contributed by atoms with van der Waals surface area (Å²) in [4.78, 5) is 30.4. The molecule has 0 fully saturated rings. The molecular weight excluding hydrogens is 1130 g/mol. The van der Waals surface area contributed by atoms with Crippen molar-refractivity contribution in [1.82, 2.24) is 29.9 Å². The van der Waals surface area contributed by atoms with Crippen molar-refractivity contribution in [2.75, 3.05) is 0 Å². The highest BCUT2D eigenvalue weighted by molar-refractivity contribution is 7.26. The predicted octanol–water partition coefficient (Wildman–Crippen LogP) is 22.3. The second-order valence-electron chi connectivity index (χ2n) is 22.1. The normalized spacial score (nSPS) is 11.3. The Hall–Kier alpha value is -11.4. The van der Waals surface area contributed by atoms with E-state index in [1.807, 2.05) is 95.5 Å². The van der Waals surface area contributed by atoms with Crippen LogP contribution in [0.2, 0.25) is 0 Å². The maximum absolute atomic E-state index is 5.15. The first-order valence-electron chi connectivity index (χ1n) is 30.0. The molecule has 0 N–H and O–H groups in total. The lowest BCUT2D eigenvalue weighted by Crippen LogP contribution is -2.00. The summed E-state index contributed by atoms with van der Waals surface area (Å²) in [7, 11) is 0. The molecule has 0 saturated heterocycles. The third-order valence-electron chi connectivity index (χ3n) is 16.4. The second kappa shape index (κ2) is 23.7. The SMILES string of the molecule is c1ccc(-c2cccc(-c3cc(-c4nc(-c5ccccc5)nc(-c5ccccc5)n4)c4c(c3)sc3ccccc34)c2)cc1.c1ccc(-c2nc(-c3ccccc3)nc(-c3cc(-c4cccc(-c5cccc6ccccc56)c4)cc4sc5ccccc5c34)n2)cc1. The number of benzene rings is 13. The molecule has 0 aliphatic heterocycles. The number of rotatable bonds is 10. The zero-order chi connectivity index (χ0) is 59.7. The molecule has 13 aromatic carbocycles. The van der Waals surface area contributed by atoms with Gasteiger partial charge in [-0.05, 0) is 104 Å². The Morgan fingerprint density at radius 1 is 0.178 bits per heavy atom. The first-order valence-corrected chi connectivity index (χ1v) is 31.6. The predicted molar refractivity (Wildman–Crippen MR) is 377 cm³/mol. The molecule has 6 nitrogen and oxygen atoms in total. The fourth-order valence-corrected chi connectivity index (χ4v) is 14.4. The molecule has 0 aliphatic rings. The molecule has 0 atom stereocenters. The van der Waals surface area contributed by atoms with Gasteiger partial charge in [-0.2, -0.15) is 0 Å². The van der Waals surface area contributed by atoms with E-state index in [9.17, 15) is 0 Å². The lowest BCUT2D eigenvalue weighted by molar-refractivity contribution is 1.08. The fourth-order valence-electron chi connectivity index (χ4n) is 12.1. The number of fused-ring (bicyclic) bond motifs is 7. The topological polar surface area (TPSA) is 77.3 Å². The van der Waals surface area contributed by atoms with Crippen LogP contribution in [0, 0.1) is 0 Å². The maximum Gasteiger partial charge on any atom is 0.164 e. The summed E-state index contributed by atoms with van der Waals surface area (Å²) in [5, 5.41) is 7.26. The number of nitrogens with zero attached hydrogens (tertiary/aromatic N) is 6. The van der Waals surface area contributed by atoms with Crippen molar-refractivity contribution in [1.29, 1.82) is 0 Å². The summed E-state index contributed by atoms with van der Waals surface area (Å²) in [6.45, 7) is 0. The molecule has 0 bridgehead atoms. The van der Waals surface area contributed by atoms with E-state index in [0.29, 0.717) is 34.9 Å². The Balaban J connectivity index is 0.000000145. The summed E-state index contributed by atoms with van der Waals surface area (Å²) in [6.07, 6.45) is 0. The van der Waals surface area contributed by atoms with Crippen LogP contribution in [0.5, 0.6) is 0 Å². The Labute approximate surface area is 528 Å². The summed E-state index contributed by atoms with van der Waals surface area (Å²) < 4.78 is 4.90. The van der Waals surface area contributed by atoms with Crippen molar-refractivity contribution in [3.8, 4) is 113 Å². The molecule has 0 radical (unpaired) electrons. The zero-order valence-electron chi connectivity index (χ0n) is 48.5. The molecule has 4 aromatic heterocycles. The molecule has 422 valence electrons. The molecule has 90 heavy (non-hydrogen) atoms. The van der Waals surface area contributed by atoms with E-state index in [2.05, 4.69) is 243 Å². The van der Waals surface area contributed by atoms with Gasteiger partial charge in [0.2, 0.25) is 0 Å². The lowest BCUT2D eigenvalue weighted by atomic mass is 9.94. The van der Waals surface area contributed by atoms with Crippen LogP contribution in [0.4, 0.5) is 0 Å². The van der Waals surface area contributed by atoms with Crippen LogP contribution < -0.4 is 0 Å². The van der Waals surface area contributed by atoms with Gasteiger partial charge in [-0.3, -0.25) is 0 Å². The Morgan fingerprint density at radius 3 is 0.933 bits per heavy atom. The second-order valence-corrected chi connectivity index (χ2v) is 24.3. The molecule has 17 rings (SSSR count). The highest BCUT2D eigenvalue weighted by Gasteiger charge is 2.22. The van der Waals surface area contributed by atoms with Gasteiger partial charge < -0.3 is 0 Å². The van der Waals surface area contributed by atoms with Gasteiger partial charge in [-0.1, -0.05) is 267 Å². The molecular formula is C82H52N6S2. The van der Waals surface area contributed by atoms with Gasteiger partial charge in [-0.25, -0.2) is 29.9 Å².